The Bertz CT molecular complexity index is 1290. The van der Waals surface area contributed by atoms with Crippen LogP contribution in [0.4, 0.5) is 5.00 Å². The molecule has 2 amide bonds. The van der Waals surface area contributed by atoms with Gasteiger partial charge in [-0.1, -0.05) is 36.7 Å². The fraction of sp³-hybridized carbons (Fsp3) is 0.136. The Morgan fingerprint density at radius 1 is 1.17 bits per heavy atom. The maximum Gasteiger partial charge on any atom is 0.257 e. The summed E-state index contributed by atoms with van der Waals surface area (Å²) < 4.78 is 0.651. The summed E-state index contributed by atoms with van der Waals surface area (Å²) >= 11 is 8.85. The summed E-state index contributed by atoms with van der Waals surface area (Å²) in [6.45, 7) is 3.88. The number of halogens is 1. The number of pyridine rings is 1. The van der Waals surface area contributed by atoms with E-state index in [0.717, 1.165) is 20.7 Å². The Kier molecular flexibility index (Phi) is 5.60. The molecule has 5 nitrogen and oxygen atoms in total. The van der Waals surface area contributed by atoms with E-state index in [1.807, 2.05) is 44.2 Å². The van der Waals surface area contributed by atoms with E-state index in [1.165, 1.54) is 22.7 Å². The number of aryl methyl sites for hydroxylation is 1. The number of anilines is 1. The first-order chi connectivity index (χ1) is 14.4. The number of fused-ring (bicyclic) bond motifs is 1. The highest BCUT2D eigenvalue weighted by atomic mass is 35.5. The molecule has 0 radical (unpaired) electrons. The van der Waals surface area contributed by atoms with Gasteiger partial charge >= 0.3 is 0 Å². The van der Waals surface area contributed by atoms with E-state index in [1.54, 1.807) is 12.1 Å². The van der Waals surface area contributed by atoms with E-state index in [4.69, 9.17) is 17.3 Å². The number of benzene rings is 1. The van der Waals surface area contributed by atoms with Gasteiger partial charge in [0.05, 0.1) is 31.6 Å². The van der Waals surface area contributed by atoms with Crippen LogP contribution in [0.15, 0.2) is 42.5 Å². The highest BCUT2D eigenvalue weighted by molar-refractivity contribution is 7.19. The Labute approximate surface area is 186 Å². The van der Waals surface area contributed by atoms with Crippen LogP contribution in [-0.4, -0.2) is 16.8 Å². The number of carbonyl (C=O) groups is 2. The summed E-state index contributed by atoms with van der Waals surface area (Å²) in [7, 11) is 0. The van der Waals surface area contributed by atoms with Crippen LogP contribution >= 0.6 is 34.3 Å². The SMILES string of the molecule is CCc1c(C)sc(NC(=O)c2cc(-c3ccc(Cl)s3)nc3ccccc23)c1C(N)=O. The molecule has 0 aliphatic carbocycles. The molecule has 152 valence electrons. The van der Waals surface area contributed by atoms with Crippen LogP contribution in [0.25, 0.3) is 21.5 Å². The number of rotatable bonds is 5. The number of para-hydroxylation sites is 1. The van der Waals surface area contributed by atoms with Crippen molar-refractivity contribution in [3.05, 3.63) is 68.4 Å². The second-order valence-corrected chi connectivity index (χ2v) is 9.63. The van der Waals surface area contributed by atoms with Gasteiger partial charge < -0.3 is 11.1 Å². The van der Waals surface area contributed by atoms with Crippen molar-refractivity contribution in [1.82, 2.24) is 4.98 Å². The van der Waals surface area contributed by atoms with E-state index >= 15 is 0 Å². The fourth-order valence-electron chi connectivity index (χ4n) is 3.47. The van der Waals surface area contributed by atoms with Crippen molar-refractivity contribution in [2.75, 3.05) is 5.32 Å². The third-order valence-electron chi connectivity index (χ3n) is 4.82. The summed E-state index contributed by atoms with van der Waals surface area (Å²) in [4.78, 5) is 31.9. The Morgan fingerprint density at radius 3 is 2.60 bits per heavy atom. The molecule has 0 bridgehead atoms. The number of hydrogen-bond acceptors (Lipinski definition) is 5. The predicted molar refractivity (Wildman–Crippen MR) is 125 cm³/mol. The maximum absolute atomic E-state index is 13.3. The van der Waals surface area contributed by atoms with Crippen LogP contribution in [0, 0.1) is 6.92 Å². The molecule has 4 aromatic rings. The minimum Gasteiger partial charge on any atom is -0.365 e. The molecule has 1 aromatic carbocycles. The van der Waals surface area contributed by atoms with Crippen molar-refractivity contribution in [2.45, 2.75) is 20.3 Å². The molecule has 8 heteroatoms. The molecule has 0 saturated carbocycles. The van der Waals surface area contributed by atoms with Gasteiger partial charge in [-0.2, -0.15) is 0 Å². The van der Waals surface area contributed by atoms with Crippen molar-refractivity contribution in [3.8, 4) is 10.6 Å². The van der Waals surface area contributed by atoms with Crippen molar-refractivity contribution in [1.29, 1.82) is 0 Å². The topological polar surface area (TPSA) is 85.1 Å². The first-order valence-electron chi connectivity index (χ1n) is 9.28. The molecule has 3 heterocycles. The van der Waals surface area contributed by atoms with Gasteiger partial charge in [-0.15, -0.1) is 22.7 Å². The molecule has 0 unspecified atom stereocenters. The van der Waals surface area contributed by atoms with E-state index in [0.29, 0.717) is 38.1 Å². The lowest BCUT2D eigenvalue weighted by Crippen LogP contribution is -2.18. The lowest BCUT2D eigenvalue weighted by Gasteiger charge is -2.10. The minimum atomic E-state index is -0.542. The number of nitrogens with one attached hydrogen (secondary N) is 1. The van der Waals surface area contributed by atoms with Crippen LogP contribution in [-0.2, 0) is 6.42 Å². The Morgan fingerprint density at radius 2 is 1.93 bits per heavy atom. The number of aromatic nitrogens is 1. The lowest BCUT2D eigenvalue weighted by atomic mass is 10.1. The second-order valence-electron chi connectivity index (χ2n) is 6.69. The largest absolute Gasteiger partial charge is 0.365 e. The molecule has 0 aliphatic rings. The first kappa shape index (κ1) is 20.5. The zero-order valence-corrected chi connectivity index (χ0v) is 18.7. The summed E-state index contributed by atoms with van der Waals surface area (Å²) in [5.74, 6) is -0.857. The number of nitrogens with zero attached hydrogens (tertiary/aromatic N) is 1. The summed E-state index contributed by atoms with van der Waals surface area (Å²) in [5, 5.41) is 4.11. The van der Waals surface area contributed by atoms with Crippen LogP contribution < -0.4 is 11.1 Å². The quantitative estimate of drug-likeness (QED) is 0.392. The number of nitrogens with two attached hydrogens (primary N) is 1. The van der Waals surface area contributed by atoms with Crippen molar-refractivity contribution in [2.24, 2.45) is 5.73 Å². The van der Waals surface area contributed by atoms with E-state index in [9.17, 15) is 9.59 Å². The minimum absolute atomic E-state index is 0.316. The lowest BCUT2D eigenvalue weighted by molar-refractivity contribution is 0.100. The normalized spacial score (nSPS) is 11.0. The van der Waals surface area contributed by atoms with Gasteiger partial charge in [-0.05, 0) is 43.2 Å². The Hall–Kier alpha value is -2.74. The molecule has 30 heavy (non-hydrogen) atoms. The van der Waals surface area contributed by atoms with Gasteiger partial charge in [0.15, 0.2) is 0 Å². The molecular weight excluding hydrogens is 438 g/mol. The molecule has 0 spiro atoms. The van der Waals surface area contributed by atoms with Crippen molar-refractivity contribution < 1.29 is 9.59 Å². The standard InChI is InChI=1S/C22H18ClN3O2S2/c1-3-12-11(2)29-22(19(12)20(24)27)26-21(28)14-10-16(17-8-9-18(23)30-17)25-15-7-5-4-6-13(14)15/h4-10H,3H2,1-2H3,(H2,24,27)(H,26,28). The monoisotopic (exact) mass is 455 g/mol. The molecule has 0 atom stereocenters. The highest BCUT2D eigenvalue weighted by Gasteiger charge is 2.22. The smallest absolute Gasteiger partial charge is 0.257 e. The zero-order chi connectivity index (χ0) is 21.4. The fourth-order valence-corrected chi connectivity index (χ4v) is 5.61. The predicted octanol–water partition coefficient (Wildman–Crippen LogP) is 5.90. The van der Waals surface area contributed by atoms with Crippen LogP contribution in [0.2, 0.25) is 4.34 Å². The van der Waals surface area contributed by atoms with Crippen LogP contribution in [0.3, 0.4) is 0 Å². The molecular formula is C22H18ClN3O2S2. The average molecular weight is 456 g/mol. The first-order valence-corrected chi connectivity index (χ1v) is 11.3. The van der Waals surface area contributed by atoms with Gasteiger partial charge in [-0.25, -0.2) is 4.98 Å². The third-order valence-corrected chi connectivity index (χ3v) is 7.14. The molecule has 0 aliphatic heterocycles. The van der Waals surface area contributed by atoms with Gasteiger partial charge in [0.1, 0.15) is 5.00 Å². The number of carbonyl (C=O) groups excluding carboxylic acids is 2. The van der Waals surface area contributed by atoms with Crippen molar-refractivity contribution >= 4 is 62.0 Å². The van der Waals surface area contributed by atoms with Gasteiger partial charge in [0.2, 0.25) is 0 Å². The molecule has 3 aromatic heterocycles. The van der Waals surface area contributed by atoms with Gasteiger partial charge in [0, 0.05) is 10.3 Å². The molecule has 0 fully saturated rings. The summed E-state index contributed by atoms with van der Waals surface area (Å²) in [6.07, 6.45) is 0.665. The number of thiophene rings is 2. The van der Waals surface area contributed by atoms with Crippen molar-refractivity contribution in [3.63, 3.8) is 0 Å². The second kappa shape index (κ2) is 8.18. The molecule has 3 N–H and O–H groups in total. The van der Waals surface area contributed by atoms with Crippen LogP contribution in [0.1, 0.15) is 38.1 Å². The number of amides is 2. The Balaban J connectivity index is 1.81. The summed E-state index contributed by atoms with van der Waals surface area (Å²) in [6, 6.07) is 12.9. The van der Waals surface area contributed by atoms with E-state index < -0.39 is 5.91 Å². The summed E-state index contributed by atoms with van der Waals surface area (Å²) in [5.41, 5.74) is 8.71. The average Bonchev–Trinajstić information content (AvgIpc) is 3.29. The third kappa shape index (κ3) is 3.71. The molecule has 0 saturated heterocycles. The highest BCUT2D eigenvalue weighted by Crippen LogP contribution is 2.35. The van der Waals surface area contributed by atoms with Gasteiger partial charge in [0.25, 0.3) is 11.8 Å². The number of hydrogen-bond donors (Lipinski definition) is 2. The number of primary amides is 1. The van der Waals surface area contributed by atoms with Gasteiger partial charge in [-0.3, -0.25) is 9.59 Å². The van der Waals surface area contributed by atoms with E-state index in [-0.39, 0.29) is 5.91 Å². The van der Waals surface area contributed by atoms with Crippen LogP contribution in [0.5, 0.6) is 0 Å². The van der Waals surface area contributed by atoms with E-state index in [2.05, 4.69) is 10.3 Å². The zero-order valence-electron chi connectivity index (χ0n) is 16.3. The molecule has 4 rings (SSSR count). The maximum atomic E-state index is 13.3.